The van der Waals surface area contributed by atoms with Crippen LogP contribution in [0.1, 0.15) is 12.8 Å². The van der Waals surface area contributed by atoms with Crippen LogP contribution >= 0.6 is 39.3 Å². The van der Waals surface area contributed by atoms with Crippen LogP contribution in [-0.4, -0.2) is 17.0 Å². The van der Waals surface area contributed by atoms with Crippen LogP contribution in [-0.2, 0) is 0 Å². The maximum Gasteiger partial charge on any atom is 0.126 e. The van der Waals surface area contributed by atoms with E-state index in [1.807, 2.05) is 30.0 Å². The molecule has 2 nitrogen and oxygen atoms in total. The standard InChI is InChI=1S/C12H12BrClN2S/c13-10-7-9(1-2-11(10)14)16-12(8-15)3-5-17-6-4-12/h1-2,7,16H,3-6H2. The van der Waals surface area contributed by atoms with Gasteiger partial charge in [-0.3, -0.25) is 0 Å². The highest BCUT2D eigenvalue weighted by molar-refractivity contribution is 9.10. The quantitative estimate of drug-likeness (QED) is 0.877. The predicted octanol–water partition coefficient (Wildman–Crippen LogP) is 4.30. The van der Waals surface area contributed by atoms with Crippen LogP contribution in [0.2, 0.25) is 5.02 Å². The summed E-state index contributed by atoms with van der Waals surface area (Å²) in [5, 5.41) is 13.4. The van der Waals surface area contributed by atoms with Gasteiger partial charge in [0.2, 0.25) is 0 Å². The van der Waals surface area contributed by atoms with Gasteiger partial charge in [-0.1, -0.05) is 11.6 Å². The summed E-state index contributed by atoms with van der Waals surface area (Å²) in [6.07, 6.45) is 1.77. The lowest BCUT2D eigenvalue weighted by Gasteiger charge is -2.32. The van der Waals surface area contributed by atoms with Crippen LogP contribution in [0.25, 0.3) is 0 Å². The molecule has 1 saturated heterocycles. The number of hydrogen-bond donors (Lipinski definition) is 1. The summed E-state index contributed by atoms with van der Waals surface area (Å²) in [6.45, 7) is 0. The van der Waals surface area contributed by atoms with Crippen molar-refractivity contribution in [2.75, 3.05) is 16.8 Å². The first-order chi connectivity index (χ1) is 8.15. The van der Waals surface area contributed by atoms with Gasteiger partial charge in [0.1, 0.15) is 5.54 Å². The Bertz CT molecular complexity index is 452. The Hall–Kier alpha value is -0.370. The molecule has 90 valence electrons. The smallest absolute Gasteiger partial charge is 0.126 e. The number of nitrogens with zero attached hydrogens (tertiary/aromatic N) is 1. The molecule has 1 fully saturated rings. The lowest BCUT2D eigenvalue weighted by Crippen LogP contribution is -2.40. The molecule has 1 aromatic rings. The fourth-order valence-electron chi connectivity index (χ4n) is 1.83. The largest absolute Gasteiger partial charge is 0.367 e. The fourth-order valence-corrected chi connectivity index (χ4v) is 3.52. The van der Waals surface area contributed by atoms with Gasteiger partial charge in [-0.05, 0) is 58.5 Å². The van der Waals surface area contributed by atoms with E-state index < -0.39 is 5.54 Å². The van der Waals surface area contributed by atoms with E-state index in [4.69, 9.17) is 11.6 Å². The number of hydrogen-bond acceptors (Lipinski definition) is 3. The minimum absolute atomic E-state index is 0.418. The molecule has 0 amide bonds. The zero-order valence-electron chi connectivity index (χ0n) is 9.17. The molecule has 1 N–H and O–H groups in total. The van der Waals surface area contributed by atoms with Crippen molar-refractivity contribution in [3.8, 4) is 6.07 Å². The summed E-state index contributed by atoms with van der Waals surface area (Å²) in [5.41, 5.74) is 0.521. The molecule has 0 atom stereocenters. The third kappa shape index (κ3) is 3.09. The van der Waals surface area contributed by atoms with Crippen molar-refractivity contribution in [1.82, 2.24) is 0 Å². The summed E-state index contributed by atoms with van der Waals surface area (Å²) in [5.74, 6) is 2.07. The number of halogens is 2. The second-order valence-electron chi connectivity index (χ2n) is 4.06. The van der Waals surface area contributed by atoms with Crippen molar-refractivity contribution in [2.45, 2.75) is 18.4 Å². The Labute approximate surface area is 119 Å². The zero-order chi connectivity index (χ0) is 12.3. The van der Waals surface area contributed by atoms with Crippen molar-refractivity contribution < 1.29 is 0 Å². The van der Waals surface area contributed by atoms with Crippen LogP contribution in [0.3, 0.4) is 0 Å². The Kier molecular flexibility index (Phi) is 4.24. The zero-order valence-corrected chi connectivity index (χ0v) is 12.3. The minimum atomic E-state index is -0.418. The number of benzene rings is 1. The van der Waals surface area contributed by atoms with Gasteiger partial charge in [0.15, 0.2) is 0 Å². The fraction of sp³-hybridized carbons (Fsp3) is 0.417. The van der Waals surface area contributed by atoms with Gasteiger partial charge in [0.05, 0.1) is 11.1 Å². The predicted molar refractivity (Wildman–Crippen MR) is 77.7 cm³/mol. The van der Waals surface area contributed by atoms with Gasteiger partial charge in [0.25, 0.3) is 0 Å². The second kappa shape index (κ2) is 5.51. The third-order valence-corrected chi connectivity index (χ3v) is 5.06. The van der Waals surface area contributed by atoms with E-state index in [2.05, 4.69) is 27.3 Å². The van der Waals surface area contributed by atoms with Crippen molar-refractivity contribution in [3.05, 3.63) is 27.7 Å². The first kappa shape index (κ1) is 13.1. The molecular formula is C12H12BrClN2S. The number of nitriles is 1. The Morgan fingerprint density at radius 2 is 2.12 bits per heavy atom. The van der Waals surface area contributed by atoms with E-state index >= 15 is 0 Å². The Morgan fingerprint density at radius 3 is 2.71 bits per heavy atom. The molecule has 1 aliphatic heterocycles. The third-order valence-electron chi connectivity index (χ3n) is 2.86. The molecule has 0 unspecified atom stereocenters. The molecule has 0 saturated carbocycles. The van der Waals surface area contributed by atoms with E-state index in [0.29, 0.717) is 5.02 Å². The van der Waals surface area contributed by atoms with Crippen molar-refractivity contribution in [3.63, 3.8) is 0 Å². The van der Waals surface area contributed by atoms with Gasteiger partial charge in [-0.15, -0.1) is 0 Å². The minimum Gasteiger partial charge on any atom is -0.367 e. The number of anilines is 1. The molecule has 0 aliphatic carbocycles. The molecule has 0 radical (unpaired) electrons. The Balaban J connectivity index is 2.18. The Morgan fingerprint density at radius 1 is 1.41 bits per heavy atom. The van der Waals surface area contributed by atoms with Crippen LogP contribution in [0, 0.1) is 11.3 Å². The second-order valence-corrected chi connectivity index (χ2v) is 6.55. The van der Waals surface area contributed by atoms with Crippen LogP contribution < -0.4 is 5.32 Å². The SMILES string of the molecule is N#CC1(Nc2ccc(Cl)c(Br)c2)CCSCC1. The molecular weight excluding hydrogens is 320 g/mol. The van der Waals surface area contributed by atoms with Gasteiger partial charge in [-0.25, -0.2) is 0 Å². The molecule has 0 aromatic heterocycles. The van der Waals surface area contributed by atoms with Crippen LogP contribution in [0.15, 0.2) is 22.7 Å². The van der Waals surface area contributed by atoms with E-state index in [1.165, 1.54) is 0 Å². The summed E-state index contributed by atoms with van der Waals surface area (Å²) in [7, 11) is 0. The van der Waals surface area contributed by atoms with Crippen LogP contribution in [0.4, 0.5) is 5.69 Å². The molecule has 2 rings (SSSR count). The summed E-state index contributed by atoms with van der Waals surface area (Å²) < 4.78 is 0.849. The maximum absolute atomic E-state index is 9.37. The number of nitrogens with one attached hydrogen (secondary N) is 1. The highest BCUT2D eigenvalue weighted by atomic mass is 79.9. The summed E-state index contributed by atoms with van der Waals surface area (Å²) in [4.78, 5) is 0. The summed E-state index contributed by atoms with van der Waals surface area (Å²) in [6, 6.07) is 8.09. The normalized spacial score (nSPS) is 18.4. The highest BCUT2D eigenvalue weighted by Crippen LogP contribution is 2.32. The topological polar surface area (TPSA) is 35.8 Å². The molecule has 0 bridgehead atoms. The first-order valence-electron chi connectivity index (χ1n) is 5.37. The van der Waals surface area contributed by atoms with Gasteiger partial charge >= 0.3 is 0 Å². The van der Waals surface area contributed by atoms with Crippen molar-refractivity contribution >= 4 is 45.0 Å². The lowest BCUT2D eigenvalue weighted by molar-refractivity contribution is 0.545. The lowest BCUT2D eigenvalue weighted by atomic mass is 9.93. The van der Waals surface area contributed by atoms with Crippen molar-refractivity contribution in [2.24, 2.45) is 0 Å². The van der Waals surface area contributed by atoms with Crippen LogP contribution in [0.5, 0.6) is 0 Å². The maximum atomic E-state index is 9.37. The van der Waals surface area contributed by atoms with Gasteiger partial charge in [0, 0.05) is 10.2 Å². The number of rotatable bonds is 2. The first-order valence-corrected chi connectivity index (χ1v) is 7.70. The summed E-state index contributed by atoms with van der Waals surface area (Å²) >= 11 is 11.2. The van der Waals surface area contributed by atoms with E-state index in [0.717, 1.165) is 34.5 Å². The number of thioether (sulfide) groups is 1. The molecule has 5 heteroatoms. The molecule has 0 spiro atoms. The average molecular weight is 332 g/mol. The van der Waals surface area contributed by atoms with E-state index in [-0.39, 0.29) is 0 Å². The van der Waals surface area contributed by atoms with Gasteiger partial charge < -0.3 is 5.32 Å². The van der Waals surface area contributed by atoms with Crippen molar-refractivity contribution in [1.29, 1.82) is 5.26 Å². The molecule has 1 aliphatic rings. The van der Waals surface area contributed by atoms with E-state index in [9.17, 15) is 5.26 Å². The molecule has 1 aromatic carbocycles. The molecule has 17 heavy (non-hydrogen) atoms. The van der Waals surface area contributed by atoms with Gasteiger partial charge in [-0.2, -0.15) is 17.0 Å². The molecule has 1 heterocycles. The monoisotopic (exact) mass is 330 g/mol. The average Bonchev–Trinajstić information content (AvgIpc) is 2.35. The van der Waals surface area contributed by atoms with E-state index in [1.54, 1.807) is 0 Å². The highest BCUT2D eigenvalue weighted by Gasteiger charge is 2.32.